The monoisotopic (exact) mass is 309 g/mol. The average molecular weight is 309 g/mol. The summed E-state index contributed by atoms with van der Waals surface area (Å²) in [6.45, 7) is 2.04. The maximum atomic E-state index is 11.9. The zero-order valence-corrected chi connectivity index (χ0v) is 12.3. The van der Waals surface area contributed by atoms with Crippen molar-refractivity contribution in [3.8, 4) is 0 Å². The van der Waals surface area contributed by atoms with Crippen molar-refractivity contribution in [2.24, 2.45) is 5.92 Å². The molecule has 0 aromatic carbocycles. The molecular formula is C15H19NO6. The summed E-state index contributed by atoms with van der Waals surface area (Å²) in [6.07, 6.45) is 6.16. The SMILES string of the molecule is CN1CCC(C(=O)c2ccoc2)CC1.O=C(O)C=CC(=O)O. The Hall–Kier alpha value is -2.41. The second-order valence-electron chi connectivity index (χ2n) is 4.96. The maximum Gasteiger partial charge on any atom is 0.328 e. The standard InChI is InChI=1S/C11H15NO2.C4H4O4/c1-12-5-2-9(3-6-12)11(13)10-4-7-14-8-10;5-3(6)1-2-4(7)8/h4,7-9H,2-3,5-6H2,1H3;1-2H,(H,5,6)(H,7,8). The van der Waals surface area contributed by atoms with Gasteiger partial charge in [-0.15, -0.1) is 0 Å². The first-order valence-electron chi connectivity index (χ1n) is 6.79. The third-order valence-corrected chi connectivity index (χ3v) is 3.26. The number of rotatable bonds is 4. The first-order valence-corrected chi connectivity index (χ1v) is 6.79. The fourth-order valence-electron chi connectivity index (χ4n) is 2.05. The number of carboxylic acids is 2. The van der Waals surface area contributed by atoms with Crippen LogP contribution in [-0.4, -0.2) is 53.0 Å². The van der Waals surface area contributed by atoms with Crippen LogP contribution in [0, 0.1) is 5.92 Å². The lowest BCUT2D eigenvalue weighted by atomic mass is 9.90. The Labute approximate surface area is 127 Å². The van der Waals surface area contributed by atoms with Crippen LogP contribution >= 0.6 is 0 Å². The number of carbonyl (C=O) groups excluding carboxylic acids is 1. The van der Waals surface area contributed by atoms with Crippen LogP contribution in [0.25, 0.3) is 0 Å². The molecule has 2 heterocycles. The van der Waals surface area contributed by atoms with Crippen molar-refractivity contribution in [1.29, 1.82) is 0 Å². The number of Topliss-reactive ketones (excluding diaryl/α,β-unsaturated/α-hetero) is 1. The number of carbonyl (C=O) groups is 3. The number of likely N-dealkylation sites (tertiary alicyclic amines) is 1. The minimum atomic E-state index is -1.26. The highest BCUT2D eigenvalue weighted by Crippen LogP contribution is 2.20. The number of aliphatic carboxylic acids is 2. The summed E-state index contributed by atoms with van der Waals surface area (Å²) in [5, 5.41) is 15.6. The van der Waals surface area contributed by atoms with E-state index in [1.54, 1.807) is 18.6 Å². The number of nitrogens with zero attached hydrogens (tertiary/aromatic N) is 1. The van der Waals surface area contributed by atoms with E-state index < -0.39 is 11.9 Å². The van der Waals surface area contributed by atoms with Crippen LogP contribution in [-0.2, 0) is 9.59 Å². The van der Waals surface area contributed by atoms with E-state index in [0.717, 1.165) is 31.5 Å². The number of piperidine rings is 1. The van der Waals surface area contributed by atoms with Gasteiger partial charge in [-0.05, 0) is 39.0 Å². The normalized spacial score (nSPS) is 16.0. The van der Waals surface area contributed by atoms with Gasteiger partial charge >= 0.3 is 11.9 Å². The lowest BCUT2D eigenvalue weighted by molar-refractivity contribution is -0.134. The summed E-state index contributed by atoms with van der Waals surface area (Å²) < 4.78 is 4.92. The average Bonchev–Trinajstić information content (AvgIpc) is 3.00. The van der Waals surface area contributed by atoms with Crippen molar-refractivity contribution in [3.05, 3.63) is 36.3 Å². The van der Waals surface area contributed by atoms with Gasteiger partial charge in [0.05, 0.1) is 11.8 Å². The summed E-state index contributed by atoms with van der Waals surface area (Å²) in [5.41, 5.74) is 0.722. The molecule has 0 radical (unpaired) electrons. The van der Waals surface area contributed by atoms with Gasteiger partial charge < -0.3 is 19.5 Å². The third kappa shape index (κ3) is 6.36. The van der Waals surface area contributed by atoms with Crippen LogP contribution in [0.3, 0.4) is 0 Å². The van der Waals surface area contributed by atoms with Gasteiger partial charge in [0.1, 0.15) is 6.26 Å². The fourth-order valence-corrected chi connectivity index (χ4v) is 2.05. The van der Waals surface area contributed by atoms with Crippen molar-refractivity contribution < 1.29 is 29.0 Å². The van der Waals surface area contributed by atoms with Crippen LogP contribution in [0.5, 0.6) is 0 Å². The van der Waals surface area contributed by atoms with Crippen molar-refractivity contribution in [1.82, 2.24) is 4.90 Å². The van der Waals surface area contributed by atoms with E-state index in [2.05, 4.69) is 11.9 Å². The molecule has 0 bridgehead atoms. The molecule has 1 aromatic rings. The van der Waals surface area contributed by atoms with Gasteiger partial charge in [0.2, 0.25) is 0 Å². The molecule has 2 rings (SSSR count). The van der Waals surface area contributed by atoms with E-state index in [9.17, 15) is 14.4 Å². The predicted octanol–water partition coefficient (Wildman–Crippen LogP) is 1.52. The van der Waals surface area contributed by atoms with Gasteiger partial charge in [-0.2, -0.15) is 0 Å². The van der Waals surface area contributed by atoms with Gasteiger partial charge in [-0.1, -0.05) is 0 Å². The molecule has 0 spiro atoms. The minimum absolute atomic E-state index is 0.198. The summed E-state index contributed by atoms with van der Waals surface area (Å²) >= 11 is 0. The first kappa shape index (κ1) is 17.6. The second kappa shape index (κ2) is 8.78. The molecule has 1 aliphatic rings. The third-order valence-electron chi connectivity index (χ3n) is 3.26. The van der Waals surface area contributed by atoms with Crippen molar-refractivity contribution in [2.45, 2.75) is 12.8 Å². The van der Waals surface area contributed by atoms with Crippen LogP contribution in [0.2, 0.25) is 0 Å². The smallest absolute Gasteiger partial charge is 0.328 e. The highest BCUT2D eigenvalue weighted by molar-refractivity contribution is 5.97. The lowest BCUT2D eigenvalue weighted by Gasteiger charge is -2.27. The molecule has 120 valence electrons. The Morgan fingerprint density at radius 2 is 1.73 bits per heavy atom. The largest absolute Gasteiger partial charge is 0.478 e. The van der Waals surface area contributed by atoms with Gasteiger partial charge in [0, 0.05) is 18.1 Å². The van der Waals surface area contributed by atoms with Crippen molar-refractivity contribution in [2.75, 3.05) is 20.1 Å². The number of hydrogen-bond donors (Lipinski definition) is 2. The Morgan fingerprint density at radius 1 is 1.18 bits per heavy atom. The predicted molar refractivity (Wildman–Crippen MR) is 77.7 cm³/mol. The molecule has 7 heteroatoms. The molecule has 1 aliphatic heterocycles. The summed E-state index contributed by atoms with van der Waals surface area (Å²) in [6, 6.07) is 1.75. The van der Waals surface area contributed by atoms with Gasteiger partial charge in [0.25, 0.3) is 0 Å². The summed E-state index contributed by atoms with van der Waals surface area (Å²) in [5.74, 6) is -2.07. The zero-order valence-electron chi connectivity index (χ0n) is 12.3. The lowest BCUT2D eigenvalue weighted by Crippen LogP contribution is -2.33. The molecule has 22 heavy (non-hydrogen) atoms. The molecular weight excluding hydrogens is 290 g/mol. The van der Waals surface area contributed by atoms with Crippen LogP contribution in [0.4, 0.5) is 0 Å². The van der Waals surface area contributed by atoms with Gasteiger partial charge in [0.15, 0.2) is 5.78 Å². The van der Waals surface area contributed by atoms with Crippen LogP contribution in [0.15, 0.2) is 35.2 Å². The number of ketones is 1. The van der Waals surface area contributed by atoms with Gasteiger partial charge in [-0.25, -0.2) is 9.59 Å². The summed E-state index contributed by atoms with van der Waals surface area (Å²) in [7, 11) is 2.10. The minimum Gasteiger partial charge on any atom is -0.478 e. The van der Waals surface area contributed by atoms with E-state index in [1.807, 2.05) is 0 Å². The zero-order chi connectivity index (χ0) is 16.5. The van der Waals surface area contributed by atoms with Gasteiger partial charge in [-0.3, -0.25) is 4.79 Å². The van der Waals surface area contributed by atoms with E-state index in [0.29, 0.717) is 12.2 Å². The van der Waals surface area contributed by atoms with Crippen molar-refractivity contribution in [3.63, 3.8) is 0 Å². The molecule has 1 aromatic heterocycles. The molecule has 1 saturated heterocycles. The quantitative estimate of drug-likeness (QED) is 0.641. The number of hydrogen-bond acceptors (Lipinski definition) is 5. The fraction of sp³-hybridized carbons (Fsp3) is 0.400. The molecule has 0 unspecified atom stereocenters. The maximum absolute atomic E-state index is 11.9. The molecule has 7 nitrogen and oxygen atoms in total. The molecule has 1 fully saturated rings. The molecule has 0 amide bonds. The molecule has 0 aliphatic carbocycles. The van der Waals surface area contributed by atoms with E-state index in [-0.39, 0.29) is 11.7 Å². The molecule has 0 saturated carbocycles. The number of furan rings is 1. The number of carboxylic acid groups (broad SMARTS) is 2. The van der Waals surface area contributed by atoms with E-state index in [1.165, 1.54) is 0 Å². The Bertz CT molecular complexity index is 510. The first-order chi connectivity index (χ1) is 10.4. The topological polar surface area (TPSA) is 108 Å². The van der Waals surface area contributed by atoms with Crippen LogP contribution < -0.4 is 0 Å². The summed E-state index contributed by atoms with van der Waals surface area (Å²) in [4.78, 5) is 33.3. The van der Waals surface area contributed by atoms with E-state index in [4.69, 9.17) is 14.6 Å². The molecule has 2 N–H and O–H groups in total. The Kier molecular flexibility index (Phi) is 7.04. The Balaban J connectivity index is 0.000000261. The molecule has 0 atom stereocenters. The second-order valence-corrected chi connectivity index (χ2v) is 4.96. The highest BCUT2D eigenvalue weighted by Gasteiger charge is 2.24. The van der Waals surface area contributed by atoms with Crippen molar-refractivity contribution >= 4 is 17.7 Å². The Morgan fingerprint density at radius 3 is 2.14 bits per heavy atom. The van der Waals surface area contributed by atoms with E-state index >= 15 is 0 Å². The highest BCUT2D eigenvalue weighted by atomic mass is 16.4. The van der Waals surface area contributed by atoms with Crippen LogP contribution in [0.1, 0.15) is 23.2 Å².